The monoisotopic (exact) mass is 291 g/mol. The van der Waals surface area contributed by atoms with E-state index in [0.717, 1.165) is 18.2 Å². The largest absolute Gasteiger partial charge is 0.311 e. The summed E-state index contributed by atoms with van der Waals surface area (Å²) in [6.45, 7) is 3.87. The molecule has 0 saturated carbocycles. The minimum absolute atomic E-state index is 0.0603. The predicted octanol–water partition coefficient (Wildman–Crippen LogP) is 3.22. The summed E-state index contributed by atoms with van der Waals surface area (Å²) in [5.74, 6) is -1.21. The Balaban J connectivity index is 2.13. The molecule has 0 saturated heterocycles. The van der Waals surface area contributed by atoms with Gasteiger partial charge in [0.15, 0.2) is 0 Å². The van der Waals surface area contributed by atoms with Crippen molar-refractivity contribution in [1.29, 1.82) is 0 Å². The molecule has 1 amide bonds. The van der Waals surface area contributed by atoms with Crippen LogP contribution in [0.3, 0.4) is 0 Å². The molecule has 0 unspecified atom stereocenters. The molecule has 21 heavy (non-hydrogen) atoms. The van der Waals surface area contributed by atoms with Gasteiger partial charge in [-0.25, -0.2) is 13.5 Å². The van der Waals surface area contributed by atoms with Crippen LogP contribution in [0, 0.1) is 11.6 Å². The molecule has 6 heteroatoms. The van der Waals surface area contributed by atoms with Crippen molar-refractivity contribution in [2.75, 3.05) is 5.32 Å². The summed E-state index contributed by atoms with van der Waals surface area (Å²) in [4.78, 5) is 11.9. The Morgan fingerprint density at radius 1 is 1.33 bits per heavy atom. The first kappa shape index (κ1) is 13.7. The molecule has 0 spiro atoms. The summed E-state index contributed by atoms with van der Waals surface area (Å²) in [7, 11) is 0. The van der Waals surface area contributed by atoms with E-state index in [1.165, 1.54) is 0 Å². The molecule has 0 radical (unpaired) electrons. The minimum Gasteiger partial charge on any atom is -0.311 e. The SMILES string of the molecule is CC(C)n1ncc2c1NC(=O)C[C@@H]2c1cc(F)ccc1F. The Kier molecular flexibility index (Phi) is 3.23. The third-order valence-electron chi connectivity index (χ3n) is 3.67. The highest BCUT2D eigenvalue weighted by molar-refractivity contribution is 5.94. The molecule has 2 heterocycles. The lowest BCUT2D eigenvalue weighted by Gasteiger charge is -2.24. The molecule has 0 fully saturated rings. The summed E-state index contributed by atoms with van der Waals surface area (Å²) in [6, 6.07) is 3.36. The van der Waals surface area contributed by atoms with Crippen molar-refractivity contribution < 1.29 is 13.6 Å². The molecule has 0 bridgehead atoms. The van der Waals surface area contributed by atoms with Gasteiger partial charge in [-0.1, -0.05) is 0 Å². The highest BCUT2D eigenvalue weighted by Crippen LogP contribution is 2.39. The van der Waals surface area contributed by atoms with Gasteiger partial charge in [0.25, 0.3) is 0 Å². The lowest BCUT2D eigenvalue weighted by atomic mass is 9.87. The molecule has 0 aliphatic carbocycles. The number of fused-ring (bicyclic) bond motifs is 1. The van der Waals surface area contributed by atoms with Crippen LogP contribution in [0.5, 0.6) is 0 Å². The number of hydrogen-bond acceptors (Lipinski definition) is 2. The maximum atomic E-state index is 14.0. The Bertz CT molecular complexity index is 709. The van der Waals surface area contributed by atoms with Crippen molar-refractivity contribution in [2.45, 2.75) is 32.2 Å². The second kappa shape index (κ2) is 4.95. The van der Waals surface area contributed by atoms with Crippen LogP contribution in [0.4, 0.5) is 14.6 Å². The van der Waals surface area contributed by atoms with Crippen LogP contribution in [0.25, 0.3) is 0 Å². The average molecular weight is 291 g/mol. The average Bonchev–Trinajstić information content (AvgIpc) is 2.84. The Morgan fingerprint density at radius 2 is 2.10 bits per heavy atom. The van der Waals surface area contributed by atoms with E-state index in [0.29, 0.717) is 11.4 Å². The predicted molar refractivity (Wildman–Crippen MR) is 74.1 cm³/mol. The van der Waals surface area contributed by atoms with Gasteiger partial charge in [0.05, 0.1) is 6.20 Å². The molecule has 3 rings (SSSR count). The lowest BCUT2D eigenvalue weighted by molar-refractivity contribution is -0.116. The molecule has 1 N–H and O–H groups in total. The van der Waals surface area contributed by atoms with Gasteiger partial charge in [-0.15, -0.1) is 0 Å². The zero-order valence-electron chi connectivity index (χ0n) is 11.7. The lowest BCUT2D eigenvalue weighted by Crippen LogP contribution is -2.25. The van der Waals surface area contributed by atoms with Gasteiger partial charge >= 0.3 is 0 Å². The van der Waals surface area contributed by atoms with E-state index in [-0.39, 0.29) is 23.9 Å². The van der Waals surface area contributed by atoms with Gasteiger partial charge in [0, 0.05) is 23.9 Å². The second-order valence-corrected chi connectivity index (χ2v) is 5.46. The van der Waals surface area contributed by atoms with Crippen LogP contribution >= 0.6 is 0 Å². The number of carbonyl (C=O) groups is 1. The van der Waals surface area contributed by atoms with Gasteiger partial charge in [-0.2, -0.15) is 5.10 Å². The van der Waals surface area contributed by atoms with Crippen LogP contribution < -0.4 is 5.32 Å². The summed E-state index contributed by atoms with van der Waals surface area (Å²) < 4.78 is 29.1. The number of nitrogens with zero attached hydrogens (tertiary/aromatic N) is 2. The van der Waals surface area contributed by atoms with Crippen LogP contribution in [-0.4, -0.2) is 15.7 Å². The molecule has 1 atom stereocenters. The molecule has 110 valence electrons. The number of rotatable bonds is 2. The maximum absolute atomic E-state index is 14.0. The minimum atomic E-state index is -0.518. The zero-order valence-corrected chi connectivity index (χ0v) is 11.7. The Morgan fingerprint density at radius 3 is 2.81 bits per heavy atom. The van der Waals surface area contributed by atoms with Crippen LogP contribution in [-0.2, 0) is 4.79 Å². The van der Waals surface area contributed by atoms with Crippen molar-refractivity contribution in [1.82, 2.24) is 9.78 Å². The molecule has 1 aliphatic rings. The van der Waals surface area contributed by atoms with Crippen molar-refractivity contribution in [3.63, 3.8) is 0 Å². The number of nitrogens with one attached hydrogen (secondary N) is 1. The van der Waals surface area contributed by atoms with Crippen molar-refractivity contribution in [3.05, 3.63) is 47.2 Å². The van der Waals surface area contributed by atoms with Crippen molar-refractivity contribution in [2.24, 2.45) is 0 Å². The first-order chi connectivity index (χ1) is 9.97. The van der Waals surface area contributed by atoms with Crippen LogP contribution in [0.2, 0.25) is 0 Å². The number of anilines is 1. The first-order valence-corrected chi connectivity index (χ1v) is 6.79. The number of hydrogen-bond donors (Lipinski definition) is 1. The van der Waals surface area contributed by atoms with Gasteiger partial charge in [0.1, 0.15) is 17.5 Å². The molecule has 1 aliphatic heterocycles. The van der Waals surface area contributed by atoms with E-state index in [4.69, 9.17) is 0 Å². The number of benzene rings is 1. The zero-order chi connectivity index (χ0) is 15.1. The number of amides is 1. The number of carbonyl (C=O) groups excluding carboxylic acids is 1. The van der Waals surface area contributed by atoms with E-state index in [9.17, 15) is 13.6 Å². The topological polar surface area (TPSA) is 46.9 Å². The van der Waals surface area contributed by atoms with Gasteiger partial charge in [-0.05, 0) is 37.6 Å². The highest BCUT2D eigenvalue weighted by Gasteiger charge is 2.32. The van der Waals surface area contributed by atoms with Crippen molar-refractivity contribution >= 4 is 11.7 Å². The normalized spacial score (nSPS) is 17.8. The van der Waals surface area contributed by atoms with Gasteiger partial charge in [0.2, 0.25) is 5.91 Å². The standard InChI is InChI=1S/C15H15F2N3O/c1-8(2)20-15-12(7-18-20)10(6-14(21)19-15)11-5-9(16)3-4-13(11)17/h3-5,7-8,10H,6H2,1-2H3,(H,19,21)/t10-/m1/s1. The fraction of sp³-hybridized carbons (Fsp3) is 0.333. The number of halogens is 2. The highest BCUT2D eigenvalue weighted by atomic mass is 19.1. The summed E-state index contributed by atoms with van der Waals surface area (Å²) in [6.07, 6.45) is 1.70. The van der Waals surface area contributed by atoms with Gasteiger partial charge < -0.3 is 5.32 Å². The fourth-order valence-electron chi connectivity index (χ4n) is 2.69. The fourth-order valence-corrected chi connectivity index (χ4v) is 2.69. The molecule has 1 aromatic heterocycles. The van der Waals surface area contributed by atoms with E-state index in [1.54, 1.807) is 10.9 Å². The van der Waals surface area contributed by atoms with Crippen LogP contribution in [0.15, 0.2) is 24.4 Å². The quantitative estimate of drug-likeness (QED) is 0.923. The van der Waals surface area contributed by atoms with E-state index in [2.05, 4.69) is 10.4 Å². The van der Waals surface area contributed by atoms with Crippen LogP contribution in [0.1, 0.15) is 43.4 Å². The summed E-state index contributed by atoms with van der Waals surface area (Å²) in [5.41, 5.74) is 0.905. The third-order valence-corrected chi connectivity index (χ3v) is 3.67. The summed E-state index contributed by atoms with van der Waals surface area (Å²) in [5, 5.41) is 7.01. The molecular formula is C15H15F2N3O. The Labute approximate surface area is 120 Å². The Hall–Kier alpha value is -2.24. The summed E-state index contributed by atoms with van der Waals surface area (Å²) >= 11 is 0. The smallest absolute Gasteiger partial charge is 0.226 e. The van der Waals surface area contributed by atoms with Gasteiger partial charge in [-0.3, -0.25) is 4.79 Å². The first-order valence-electron chi connectivity index (χ1n) is 6.79. The molecule has 4 nitrogen and oxygen atoms in total. The third kappa shape index (κ3) is 2.30. The molecular weight excluding hydrogens is 276 g/mol. The van der Waals surface area contributed by atoms with E-state index in [1.807, 2.05) is 13.8 Å². The molecule has 2 aromatic rings. The van der Waals surface area contributed by atoms with Crippen molar-refractivity contribution in [3.8, 4) is 0 Å². The van der Waals surface area contributed by atoms with E-state index < -0.39 is 17.6 Å². The molecule has 1 aromatic carbocycles. The maximum Gasteiger partial charge on any atom is 0.226 e. The number of aromatic nitrogens is 2. The van der Waals surface area contributed by atoms with E-state index >= 15 is 0 Å². The second-order valence-electron chi connectivity index (χ2n) is 5.46.